The molecule has 0 fully saturated rings. The molecule has 82 valence electrons. The highest BCUT2D eigenvalue weighted by Crippen LogP contribution is 2.04. The van der Waals surface area contributed by atoms with Gasteiger partial charge in [-0.2, -0.15) is 0 Å². The second-order valence-corrected chi connectivity index (χ2v) is 3.78. The van der Waals surface area contributed by atoms with E-state index in [-0.39, 0.29) is 0 Å². The molecule has 2 nitrogen and oxygen atoms in total. The van der Waals surface area contributed by atoms with E-state index in [1.54, 1.807) is 0 Å². The van der Waals surface area contributed by atoms with Crippen LogP contribution in [0.5, 0.6) is 0 Å². The highest BCUT2D eigenvalue weighted by molar-refractivity contribution is 6.19. The highest BCUT2D eigenvalue weighted by atomic mass is 35.5. The zero-order valence-electron chi connectivity index (χ0n) is 9.12. The van der Waals surface area contributed by atoms with E-state index < -0.39 is 0 Å². The number of alkyl halides is 1. The summed E-state index contributed by atoms with van der Waals surface area (Å²) in [6, 6.07) is 5.97. The highest BCUT2D eigenvalue weighted by Gasteiger charge is 2.05. The second-order valence-electron chi connectivity index (χ2n) is 3.51. The predicted molar refractivity (Wildman–Crippen MR) is 65.0 cm³/mol. The topological polar surface area (TPSA) is 16.1 Å². The first kappa shape index (κ1) is 12.2. The molecule has 1 aromatic heterocycles. The Morgan fingerprint density at radius 2 is 2.33 bits per heavy atom. The first-order valence-corrected chi connectivity index (χ1v) is 5.64. The van der Waals surface area contributed by atoms with Crippen LogP contribution in [-0.4, -0.2) is 28.9 Å². The normalized spacial score (nSPS) is 10.6. The standard InChI is InChI=1S/C12H17ClN2/c1-3-15(9-11(2)8-13)10-12-6-4-5-7-14-12/h4-7H,2-3,8-10H2,1H3. The minimum atomic E-state index is 0.527. The fourth-order valence-corrected chi connectivity index (χ4v) is 1.44. The molecule has 0 aliphatic heterocycles. The smallest absolute Gasteiger partial charge is 0.0544 e. The van der Waals surface area contributed by atoms with Crippen LogP contribution in [0, 0.1) is 0 Å². The van der Waals surface area contributed by atoms with Crippen molar-refractivity contribution in [1.29, 1.82) is 0 Å². The lowest BCUT2D eigenvalue weighted by Crippen LogP contribution is -2.25. The lowest BCUT2D eigenvalue weighted by molar-refractivity contribution is 0.301. The van der Waals surface area contributed by atoms with Gasteiger partial charge in [-0.15, -0.1) is 11.6 Å². The molecular weight excluding hydrogens is 208 g/mol. The molecule has 0 amide bonds. The molecule has 0 saturated heterocycles. The van der Waals surface area contributed by atoms with Gasteiger partial charge in [0.25, 0.3) is 0 Å². The van der Waals surface area contributed by atoms with Crippen LogP contribution in [0.15, 0.2) is 36.5 Å². The van der Waals surface area contributed by atoms with Crippen molar-refractivity contribution in [3.63, 3.8) is 0 Å². The van der Waals surface area contributed by atoms with Crippen LogP contribution in [0.25, 0.3) is 0 Å². The fraction of sp³-hybridized carbons (Fsp3) is 0.417. The van der Waals surface area contributed by atoms with Crippen LogP contribution in [0.2, 0.25) is 0 Å². The number of rotatable bonds is 6. The Hall–Kier alpha value is -0.860. The van der Waals surface area contributed by atoms with Crippen molar-refractivity contribution < 1.29 is 0 Å². The van der Waals surface area contributed by atoms with E-state index in [1.165, 1.54) is 0 Å². The number of nitrogens with zero attached hydrogens (tertiary/aromatic N) is 2. The monoisotopic (exact) mass is 224 g/mol. The van der Waals surface area contributed by atoms with Gasteiger partial charge in [0.05, 0.1) is 5.69 Å². The molecule has 0 unspecified atom stereocenters. The molecule has 1 heterocycles. The van der Waals surface area contributed by atoms with Crippen molar-refractivity contribution in [2.45, 2.75) is 13.5 Å². The van der Waals surface area contributed by atoms with E-state index in [0.717, 1.165) is 30.9 Å². The number of pyridine rings is 1. The van der Waals surface area contributed by atoms with Crippen LogP contribution in [-0.2, 0) is 6.54 Å². The molecular formula is C12H17ClN2. The van der Waals surface area contributed by atoms with Crippen molar-refractivity contribution in [1.82, 2.24) is 9.88 Å². The van der Waals surface area contributed by atoms with Crippen molar-refractivity contribution in [3.05, 3.63) is 42.2 Å². The summed E-state index contributed by atoms with van der Waals surface area (Å²) in [6.07, 6.45) is 1.82. The Bertz CT molecular complexity index is 298. The Labute approximate surface area is 96.6 Å². The lowest BCUT2D eigenvalue weighted by Gasteiger charge is -2.20. The number of halogens is 1. The zero-order valence-corrected chi connectivity index (χ0v) is 9.87. The maximum atomic E-state index is 5.71. The van der Waals surface area contributed by atoms with Gasteiger partial charge in [0, 0.05) is 25.2 Å². The van der Waals surface area contributed by atoms with Gasteiger partial charge in [-0.1, -0.05) is 19.6 Å². The Balaban J connectivity index is 2.50. The maximum absolute atomic E-state index is 5.71. The third kappa shape index (κ3) is 4.45. The Morgan fingerprint density at radius 1 is 1.53 bits per heavy atom. The van der Waals surface area contributed by atoms with Gasteiger partial charge in [-0.05, 0) is 24.3 Å². The summed E-state index contributed by atoms with van der Waals surface area (Å²) >= 11 is 5.71. The Kier molecular flexibility index (Phi) is 5.37. The van der Waals surface area contributed by atoms with E-state index in [1.807, 2.05) is 24.4 Å². The van der Waals surface area contributed by atoms with Gasteiger partial charge in [0.1, 0.15) is 0 Å². The van der Waals surface area contributed by atoms with Gasteiger partial charge in [0.2, 0.25) is 0 Å². The van der Waals surface area contributed by atoms with Gasteiger partial charge in [-0.25, -0.2) is 0 Å². The predicted octanol–water partition coefficient (Wildman–Crippen LogP) is 2.70. The molecule has 15 heavy (non-hydrogen) atoms. The minimum Gasteiger partial charge on any atom is -0.294 e. The van der Waals surface area contributed by atoms with Crippen molar-refractivity contribution in [3.8, 4) is 0 Å². The van der Waals surface area contributed by atoms with Gasteiger partial charge < -0.3 is 0 Å². The van der Waals surface area contributed by atoms with Gasteiger partial charge in [0.15, 0.2) is 0 Å². The quantitative estimate of drug-likeness (QED) is 0.546. The molecule has 0 aliphatic carbocycles. The number of hydrogen-bond acceptors (Lipinski definition) is 2. The summed E-state index contributed by atoms with van der Waals surface area (Å²) in [5, 5.41) is 0. The van der Waals surface area contributed by atoms with E-state index in [4.69, 9.17) is 11.6 Å². The third-order valence-electron chi connectivity index (χ3n) is 2.20. The summed E-state index contributed by atoms with van der Waals surface area (Å²) in [5.41, 5.74) is 2.14. The van der Waals surface area contributed by atoms with Crippen LogP contribution in [0.4, 0.5) is 0 Å². The van der Waals surface area contributed by atoms with E-state index >= 15 is 0 Å². The molecule has 0 bridgehead atoms. The number of aromatic nitrogens is 1. The molecule has 0 aliphatic rings. The number of hydrogen-bond donors (Lipinski definition) is 0. The molecule has 0 spiro atoms. The summed E-state index contributed by atoms with van der Waals surface area (Å²) < 4.78 is 0. The molecule has 0 N–H and O–H groups in total. The summed E-state index contributed by atoms with van der Waals surface area (Å²) in [5.74, 6) is 0.527. The molecule has 0 aromatic carbocycles. The van der Waals surface area contributed by atoms with Gasteiger partial charge >= 0.3 is 0 Å². The SMILES string of the molecule is C=C(CCl)CN(CC)Cc1ccccn1. The summed E-state index contributed by atoms with van der Waals surface area (Å²) in [7, 11) is 0. The molecule has 0 atom stereocenters. The average molecular weight is 225 g/mol. The molecule has 1 aromatic rings. The molecule has 0 radical (unpaired) electrons. The van der Waals surface area contributed by atoms with E-state index in [9.17, 15) is 0 Å². The molecule has 1 rings (SSSR count). The van der Waals surface area contributed by atoms with Crippen molar-refractivity contribution in [2.24, 2.45) is 0 Å². The Morgan fingerprint density at radius 3 is 2.87 bits per heavy atom. The van der Waals surface area contributed by atoms with Gasteiger partial charge in [-0.3, -0.25) is 9.88 Å². The lowest BCUT2D eigenvalue weighted by atomic mass is 10.3. The van der Waals surface area contributed by atoms with E-state index in [0.29, 0.717) is 5.88 Å². The second kappa shape index (κ2) is 6.59. The maximum Gasteiger partial charge on any atom is 0.0544 e. The average Bonchev–Trinajstić information content (AvgIpc) is 2.29. The van der Waals surface area contributed by atoms with Crippen LogP contribution in [0.1, 0.15) is 12.6 Å². The molecule has 3 heteroatoms. The molecule has 0 saturated carbocycles. The first-order valence-electron chi connectivity index (χ1n) is 5.11. The van der Waals surface area contributed by atoms with Crippen LogP contribution < -0.4 is 0 Å². The van der Waals surface area contributed by atoms with Crippen molar-refractivity contribution >= 4 is 11.6 Å². The minimum absolute atomic E-state index is 0.527. The third-order valence-corrected chi connectivity index (χ3v) is 2.57. The fourth-order valence-electron chi connectivity index (χ4n) is 1.36. The van der Waals surface area contributed by atoms with E-state index in [2.05, 4.69) is 23.4 Å². The summed E-state index contributed by atoms with van der Waals surface area (Å²) in [6.45, 7) is 8.71. The van der Waals surface area contributed by atoms with Crippen LogP contribution >= 0.6 is 11.6 Å². The number of likely N-dealkylation sites (N-methyl/N-ethyl adjacent to an activating group) is 1. The van der Waals surface area contributed by atoms with Crippen LogP contribution in [0.3, 0.4) is 0 Å². The first-order chi connectivity index (χ1) is 7.26. The van der Waals surface area contributed by atoms with Crippen molar-refractivity contribution in [2.75, 3.05) is 19.0 Å². The summed E-state index contributed by atoms with van der Waals surface area (Å²) in [4.78, 5) is 6.57. The zero-order chi connectivity index (χ0) is 11.1. The largest absolute Gasteiger partial charge is 0.294 e.